The SMILES string of the molecule is CCc1coc(-c2ccc(C)cc2)c1C(=O)O. The minimum atomic E-state index is -0.939. The summed E-state index contributed by atoms with van der Waals surface area (Å²) in [4.78, 5) is 11.2. The van der Waals surface area contributed by atoms with Crippen molar-refractivity contribution in [2.75, 3.05) is 0 Å². The molecule has 0 atom stereocenters. The van der Waals surface area contributed by atoms with Crippen LogP contribution in [-0.2, 0) is 6.42 Å². The van der Waals surface area contributed by atoms with Crippen molar-refractivity contribution < 1.29 is 14.3 Å². The van der Waals surface area contributed by atoms with Gasteiger partial charge in [-0.3, -0.25) is 0 Å². The largest absolute Gasteiger partial charge is 0.478 e. The van der Waals surface area contributed by atoms with Gasteiger partial charge in [0.05, 0.1) is 6.26 Å². The van der Waals surface area contributed by atoms with Crippen LogP contribution in [0.3, 0.4) is 0 Å². The van der Waals surface area contributed by atoms with Crippen molar-refractivity contribution in [1.29, 1.82) is 0 Å². The first-order chi connectivity index (χ1) is 8.13. The van der Waals surface area contributed by atoms with E-state index in [4.69, 9.17) is 4.42 Å². The van der Waals surface area contributed by atoms with Crippen LogP contribution in [-0.4, -0.2) is 11.1 Å². The Kier molecular flexibility index (Phi) is 3.00. The zero-order valence-corrected chi connectivity index (χ0v) is 9.86. The van der Waals surface area contributed by atoms with Gasteiger partial charge in [0.1, 0.15) is 11.3 Å². The fraction of sp³-hybridized carbons (Fsp3) is 0.214. The van der Waals surface area contributed by atoms with Gasteiger partial charge >= 0.3 is 5.97 Å². The van der Waals surface area contributed by atoms with Gasteiger partial charge in [0, 0.05) is 11.1 Å². The van der Waals surface area contributed by atoms with Crippen molar-refractivity contribution >= 4 is 5.97 Å². The van der Waals surface area contributed by atoms with Crippen molar-refractivity contribution in [3.05, 3.63) is 47.2 Å². The van der Waals surface area contributed by atoms with E-state index in [-0.39, 0.29) is 5.56 Å². The van der Waals surface area contributed by atoms with Crippen LogP contribution in [0.25, 0.3) is 11.3 Å². The number of aromatic carboxylic acids is 1. The van der Waals surface area contributed by atoms with E-state index in [0.29, 0.717) is 12.2 Å². The molecule has 1 aromatic carbocycles. The Bertz CT molecular complexity index is 535. The molecule has 88 valence electrons. The van der Waals surface area contributed by atoms with Crippen molar-refractivity contribution in [2.24, 2.45) is 0 Å². The molecule has 17 heavy (non-hydrogen) atoms. The molecule has 1 aromatic heterocycles. The lowest BCUT2D eigenvalue weighted by atomic mass is 10.0. The Balaban J connectivity index is 2.55. The normalized spacial score (nSPS) is 10.5. The first-order valence-corrected chi connectivity index (χ1v) is 5.54. The zero-order valence-electron chi connectivity index (χ0n) is 9.86. The fourth-order valence-corrected chi connectivity index (χ4v) is 1.81. The van der Waals surface area contributed by atoms with Gasteiger partial charge in [-0.1, -0.05) is 36.8 Å². The quantitative estimate of drug-likeness (QED) is 0.877. The lowest BCUT2D eigenvalue weighted by Crippen LogP contribution is -2.00. The zero-order chi connectivity index (χ0) is 12.4. The van der Waals surface area contributed by atoms with Crippen LogP contribution in [0.4, 0.5) is 0 Å². The molecule has 0 aliphatic rings. The standard InChI is InChI=1S/C14H14O3/c1-3-10-8-17-13(12(10)14(15)16)11-6-4-9(2)5-7-11/h4-8H,3H2,1-2H3,(H,15,16). The maximum absolute atomic E-state index is 11.2. The third kappa shape index (κ3) is 2.09. The lowest BCUT2D eigenvalue weighted by Gasteiger charge is -2.01. The van der Waals surface area contributed by atoms with E-state index in [1.807, 2.05) is 38.1 Å². The summed E-state index contributed by atoms with van der Waals surface area (Å²) >= 11 is 0. The van der Waals surface area contributed by atoms with E-state index >= 15 is 0 Å². The van der Waals surface area contributed by atoms with Crippen LogP contribution < -0.4 is 0 Å². The van der Waals surface area contributed by atoms with Crippen molar-refractivity contribution in [3.8, 4) is 11.3 Å². The molecular weight excluding hydrogens is 216 g/mol. The van der Waals surface area contributed by atoms with Gasteiger partial charge in [-0.15, -0.1) is 0 Å². The first kappa shape index (κ1) is 11.5. The summed E-state index contributed by atoms with van der Waals surface area (Å²) in [5.41, 5.74) is 2.94. The minimum Gasteiger partial charge on any atom is -0.478 e. The van der Waals surface area contributed by atoms with Gasteiger partial charge < -0.3 is 9.52 Å². The molecule has 0 saturated carbocycles. The molecule has 0 amide bonds. The topological polar surface area (TPSA) is 50.4 Å². The number of aryl methyl sites for hydroxylation is 2. The predicted molar refractivity (Wildman–Crippen MR) is 65.2 cm³/mol. The summed E-state index contributed by atoms with van der Waals surface area (Å²) in [6.45, 7) is 3.90. The maximum Gasteiger partial charge on any atom is 0.339 e. The smallest absolute Gasteiger partial charge is 0.339 e. The summed E-state index contributed by atoms with van der Waals surface area (Å²) in [5, 5.41) is 9.22. The molecule has 0 saturated heterocycles. The third-order valence-electron chi connectivity index (χ3n) is 2.78. The number of hydrogen-bond donors (Lipinski definition) is 1. The summed E-state index contributed by atoms with van der Waals surface area (Å²) in [6.07, 6.45) is 2.18. The van der Waals surface area contributed by atoms with E-state index in [9.17, 15) is 9.90 Å². The molecule has 0 unspecified atom stereocenters. The van der Waals surface area contributed by atoms with Gasteiger partial charge in [0.25, 0.3) is 0 Å². The van der Waals surface area contributed by atoms with Crippen LogP contribution in [0.5, 0.6) is 0 Å². The number of furan rings is 1. The monoisotopic (exact) mass is 230 g/mol. The van der Waals surface area contributed by atoms with Crippen LogP contribution in [0.2, 0.25) is 0 Å². The third-order valence-corrected chi connectivity index (χ3v) is 2.78. The minimum absolute atomic E-state index is 0.274. The summed E-state index contributed by atoms with van der Waals surface area (Å²) in [7, 11) is 0. The number of carboxylic acid groups (broad SMARTS) is 1. The van der Waals surface area contributed by atoms with Crippen molar-refractivity contribution in [2.45, 2.75) is 20.3 Å². The maximum atomic E-state index is 11.2. The average Bonchev–Trinajstić information content (AvgIpc) is 2.73. The Labute approximate surface area is 99.7 Å². The second-order valence-electron chi connectivity index (χ2n) is 3.99. The summed E-state index contributed by atoms with van der Waals surface area (Å²) in [5.74, 6) is -0.500. The van der Waals surface area contributed by atoms with Crippen LogP contribution >= 0.6 is 0 Å². The van der Waals surface area contributed by atoms with Crippen LogP contribution in [0.15, 0.2) is 34.9 Å². The van der Waals surface area contributed by atoms with Crippen LogP contribution in [0.1, 0.15) is 28.4 Å². The second-order valence-corrected chi connectivity index (χ2v) is 3.99. The predicted octanol–water partition coefficient (Wildman–Crippen LogP) is 3.52. The van der Waals surface area contributed by atoms with Gasteiger partial charge in [0.15, 0.2) is 0 Å². The summed E-state index contributed by atoms with van der Waals surface area (Å²) < 4.78 is 5.39. The van der Waals surface area contributed by atoms with Crippen LogP contribution in [0, 0.1) is 6.92 Å². The van der Waals surface area contributed by atoms with E-state index < -0.39 is 5.97 Å². The number of benzene rings is 1. The molecule has 0 aliphatic carbocycles. The molecule has 3 nitrogen and oxygen atoms in total. The highest BCUT2D eigenvalue weighted by Gasteiger charge is 2.20. The van der Waals surface area contributed by atoms with E-state index in [1.165, 1.54) is 6.26 Å². The Morgan fingerprint density at radius 3 is 2.47 bits per heavy atom. The molecular formula is C14H14O3. The van der Waals surface area contributed by atoms with E-state index in [2.05, 4.69) is 0 Å². The van der Waals surface area contributed by atoms with Gasteiger partial charge in [-0.05, 0) is 13.3 Å². The molecule has 2 aromatic rings. The molecule has 0 radical (unpaired) electrons. The second kappa shape index (κ2) is 4.45. The molecule has 3 heteroatoms. The number of rotatable bonds is 3. The van der Waals surface area contributed by atoms with Gasteiger partial charge in [-0.2, -0.15) is 0 Å². The highest BCUT2D eigenvalue weighted by atomic mass is 16.4. The Hall–Kier alpha value is -2.03. The number of hydrogen-bond acceptors (Lipinski definition) is 2. The molecule has 0 spiro atoms. The number of carbonyl (C=O) groups is 1. The van der Waals surface area contributed by atoms with Crippen molar-refractivity contribution in [1.82, 2.24) is 0 Å². The Morgan fingerprint density at radius 1 is 1.29 bits per heavy atom. The molecule has 0 bridgehead atoms. The highest BCUT2D eigenvalue weighted by Crippen LogP contribution is 2.28. The molecule has 0 fully saturated rings. The van der Waals surface area contributed by atoms with Gasteiger partial charge in [-0.25, -0.2) is 4.79 Å². The van der Waals surface area contributed by atoms with Gasteiger partial charge in [0.2, 0.25) is 0 Å². The average molecular weight is 230 g/mol. The fourth-order valence-electron chi connectivity index (χ4n) is 1.81. The van der Waals surface area contributed by atoms with E-state index in [1.54, 1.807) is 0 Å². The number of carboxylic acids is 1. The summed E-state index contributed by atoms with van der Waals surface area (Å²) in [6, 6.07) is 7.63. The lowest BCUT2D eigenvalue weighted by molar-refractivity contribution is 0.0696. The first-order valence-electron chi connectivity index (χ1n) is 5.54. The molecule has 1 N–H and O–H groups in total. The highest BCUT2D eigenvalue weighted by molar-refractivity contribution is 5.96. The molecule has 0 aliphatic heterocycles. The Morgan fingerprint density at radius 2 is 1.94 bits per heavy atom. The molecule has 1 heterocycles. The van der Waals surface area contributed by atoms with Crippen molar-refractivity contribution in [3.63, 3.8) is 0 Å². The van der Waals surface area contributed by atoms with E-state index in [0.717, 1.165) is 16.7 Å². The molecule has 2 rings (SSSR count).